The van der Waals surface area contributed by atoms with Crippen molar-refractivity contribution in [1.82, 2.24) is 15.0 Å². The van der Waals surface area contributed by atoms with Crippen molar-refractivity contribution >= 4 is 11.5 Å². The van der Waals surface area contributed by atoms with Gasteiger partial charge in [-0.25, -0.2) is 4.98 Å². The third kappa shape index (κ3) is 3.01. The standard InChI is InChI=1S/C12H13N5O2/c1-9-5-12(15-7-11(9)17(18)19)16(2)8-10-6-13-3-4-14-10/h3-7H,8H2,1-2H3. The molecule has 0 spiro atoms. The van der Waals surface area contributed by atoms with Crippen LogP contribution in [0.2, 0.25) is 0 Å². The lowest BCUT2D eigenvalue weighted by Gasteiger charge is -2.17. The van der Waals surface area contributed by atoms with E-state index in [1.165, 1.54) is 6.20 Å². The summed E-state index contributed by atoms with van der Waals surface area (Å²) in [6.45, 7) is 2.23. The van der Waals surface area contributed by atoms with Gasteiger partial charge in [-0.3, -0.25) is 20.1 Å². The van der Waals surface area contributed by atoms with Gasteiger partial charge in [-0.05, 0) is 13.0 Å². The molecule has 0 saturated heterocycles. The van der Waals surface area contributed by atoms with Gasteiger partial charge in [0, 0.05) is 25.0 Å². The van der Waals surface area contributed by atoms with Crippen molar-refractivity contribution in [1.29, 1.82) is 0 Å². The van der Waals surface area contributed by atoms with Gasteiger partial charge in [0.2, 0.25) is 0 Å². The molecule has 98 valence electrons. The first-order valence-corrected chi connectivity index (χ1v) is 5.65. The molecule has 0 unspecified atom stereocenters. The summed E-state index contributed by atoms with van der Waals surface area (Å²) >= 11 is 0. The van der Waals surface area contributed by atoms with Crippen LogP contribution in [0.3, 0.4) is 0 Å². The molecule has 2 rings (SSSR count). The summed E-state index contributed by atoms with van der Waals surface area (Å²) in [6.07, 6.45) is 6.18. The minimum absolute atomic E-state index is 0.0247. The molecule has 2 heterocycles. The van der Waals surface area contributed by atoms with Gasteiger partial charge < -0.3 is 4.90 Å². The zero-order valence-corrected chi connectivity index (χ0v) is 10.6. The van der Waals surface area contributed by atoms with E-state index in [9.17, 15) is 10.1 Å². The van der Waals surface area contributed by atoms with E-state index in [0.717, 1.165) is 5.69 Å². The molecule has 0 saturated carbocycles. The predicted octanol–water partition coefficient (Wildman–Crippen LogP) is 1.72. The van der Waals surface area contributed by atoms with Crippen LogP contribution in [-0.2, 0) is 6.54 Å². The summed E-state index contributed by atoms with van der Waals surface area (Å²) in [7, 11) is 1.85. The number of nitrogens with zero attached hydrogens (tertiary/aromatic N) is 5. The van der Waals surface area contributed by atoms with Crippen LogP contribution >= 0.6 is 0 Å². The van der Waals surface area contributed by atoms with E-state index < -0.39 is 4.92 Å². The van der Waals surface area contributed by atoms with Crippen LogP contribution in [0, 0.1) is 17.0 Å². The normalized spacial score (nSPS) is 10.2. The number of nitro groups is 1. The largest absolute Gasteiger partial charge is 0.354 e. The molecule has 0 aromatic carbocycles. The number of pyridine rings is 1. The van der Waals surface area contributed by atoms with E-state index in [1.807, 2.05) is 11.9 Å². The second-order valence-corrected chi connectivity index (χ2v) is 4.14. The van der Waals surface area contributed by atoms with Gasteiger partial charge in [0.1, 0.15) is 12.0 Å². The molecule has 19 heavy (non-hydrogen) atoms. The van der Waals surface area contributed by atoms with Crippen molar-refractivity contribution < 1.29 is 4.92 Å². The molecule has 7 heteroatoms. The Morgan fingerprint density at radius 1 is 1.32 bits per heavy atom. The van der Waals surface area contributed by atoms with Gasteiger partial charge in [0.15, 0.2) is 0 Å². The van der Waals surface area contributed by atoms with Crippen molar-refractivity contribution in [2.45, 2.75) is 13.5 Å². The van der Waals surface area contributed by atoms with Crippen LogP contribution in [0.25, 0.3) is 0 Å². The SMILES string of the molecule is Cc1cc(N(C)Cc2cnccn2)ncc1[N+](=O)[O-]. The Bertz CT molecular complexity index is 588. The fraction of sp³-hybridized carbons (Fsp3) is 0.250. The van der Waals surface area contributed by atoms with Crippen molar-refractivity contribution in [2.24, 2.45) is 0 Å². The van der Waals surface area contributed by atoms with Gasteiger partial charge in [0.05, 0.1) is 23.4 Å². The van der Waals surface area contributed by atoms with Crippen molar-refractivity contribution in [2.75, 3.05) is 11.9 Å². The lowest BCUT2D eigenvalue weighted by atomic mass is 10.2. The Morgan fingerprint density at radius 3 is 2.68 bits per heavy atom. The fourth-order valence-corrected chi connectivity index (χ4v) is 1.67. The van der Waals surface area contributed by atoms with Crippen LogP contribution in [0.15, 0.2) is 30.9 Å². The second kappa shape index (κ2) is 5.38. The van der Waals surface area contributed by atoms with Crippen molar-refractivity contribution in [3.8, 4) is 0 Å². The summed E-state index contributed by atoms with van der Waals surface area (Å²) in [6, 6.07) is 1.69. The number of anilines is 1. The highest BCUT2D eigenvalue weighted by Gasteiger charge is 2.13. The number of aromatic nitrogens is 3. The van der Waals surface area contributed by atoms with Gasteiger partial charge >= 0.3 is 0 Å². The quantitative estimate of drug-likeness (QED) is 0.614. The van der Waals surface area contributed by atoms with Crippen molar-refractivity contribution in [3.63, 3.8) is 0 Å². The third-order valence-corrected chi connectivity index (χ3v) is 2.67. The molecule has 0 amide bonds. The minimum atomic E-state index is -0.436. The van der Waals surface area contributed by atoms with E-state index in [0.29, 0.717) is 17.9 Å². The molecule has 0 atom stereocenters. The van der Waals surface area contributed by atoms with E-state index in [1.54, 1.807) is 31.6 Å². The van der Waals surface area contributed by atoms with Gasteiger partial charge in [-0.2, -0.15) is 0 Å². The summed E-state index contributed by atoms with van der Waals surface area (Å²) in [4.78, 5) is 24.4. The van der Waals surface area contributed by atoms with Gasteiger partial charge in [-0.1, -0.05) is 0 Å². The number of rotatable bonds is 4. The summed E-state index contributed by atoms with van der Waals surface area (Å²) in [5.41, 5.74) is 1.42. The molecule has 0 radical (unpaired) electrons. The second-order valence-electron chi connectivity index (χ2n) is 4.14. The molecular formula is C12H13N5O2. The molecule has 0 N–H and O–H groups in total. The van der Waals surface area contributed by atoms with Crippen molar-refractivity contribution in [3.05, 3.63) is 52.2 Å². The van der Waals surface area contributed by atoms with E-state index >= 15 is 0 Å². The van der Waals surface area contributed by atoms with Crippen LogP contribution in [0.4, 0.5) is 11.5 Å². The zero-order valence-electron chi connectivity index (χ0n) is 10.6. The molecule has 0 aliphatic carbocycles. The molecule has 0 fully saturated rings. The zero-order chi connectivity index (χ0) is 13.8. The topological polar surface area (TPSA) is 85.0 Å². The monoisotopic (exact) mass is 259 g/mol. The lowest BCUT2D eigenvalue weighted by molar-refractivity contribution is -0.385. The lowest BCUT2D eigenvalue weighted by Crippen LogP contribution is -2.18. The highest BCUT2D eigenvalue weighted by atomic mass is 16.6. The molecule has 7 nitrogen and oxygen atoms in total. The predicted molar refractivity (Wildman–Crippen MR) is 69.8 cm³/mol. The maximum atomic E-state index is 10.7. The smallest absolute Gasteiger partial charge is 0.290 e. The molecule has 2 aromatic heterocycles. The highest BCUT2D eigenvalue weighted by Crippen LogP contribution is 2.21. The first-order chi connectivity index (χ1) is 9.08. The first-order valence-electron chi connectivity index (χ1n) is 5.65. The summed E-state index contributed by atoms with van der Waals surface area (Å²) < 4.78 is 0. The first kappa shape index (κ1) is 12.9. The Balaban J connectivity index is 2.18. The summed E-state index contributed by atoms with van der Waals surface area (Å²) in [5, 5.41) is 10.7. The summed E-state index contributed by atoms with van der Waals surface area (Å²) in [5.74, 6) is 0.661. The van der Waals surface area contributed by atoms with Crippen LogP contribution in [0.1, 0.15) is 11.3 Å². The van der Waals surface area contributed by atoms with Gasteiger partial charge in [0.25, 0.3) is 5.69 Å². The Hall–Kier alpha value is -2.57. The average molecular weight is 259 g/mol. The van der Waals surface area contributed by atoms with E-state index in [-0.39, 0.29) is 5.69 Å². The fourth-order valence-electron chi connectivity index (χ4n) is 1.67. The number of hydrogen-bond acceptors (Lipinski definition) is 6. The molecular weight excluding hydrogens is 246 g/mol. The molecule has 0 bridgehead atoms. The van der Waals surface area contributed by atoms with Crippen LogP contribution in [-0.4, -0.2) is 26.9 Å². The third-order valence-electron chi connectivity index (χ3n) is 2.67. The molecule has 0 aliphatic rings. The number of hydrogen-bond donors (Lipinski definition) is 0. The van der Waals surface area contributed by atoms with E-state index in [4.69, 9.17) is 0 Å². The maximum Gasteiger partial charge on any atom is 0.290 e. The number of aryl methyl sites for hydroxylation is 1. The average Bonchev–Trinajstić information content (AvgIpc) is 2.39. The van der Waals surface area contributed by atoms with Crippen LogP contribution in [0.5, 0.6) is 0 Å². The maximum absolute atomic E-state index is 10.7. The Labute approximate surface area is 110 Å². The molecule has 0 aliphatic heterocycles. The van der Waals surface area contributed by atoms with Gasteiger partial charge in [-0.15, -0.1) is 0 Å². The minimum Gasteiger partial charge on any atom is -0.354 e. The highest BCUT2D eigenvalue weighted by molar-refractivity contribution is 5.48. The molecule has 2 aromatic rings. The van der Waals surface area contributed by atoms with Crippen LogP contribution < -0.4 is 4.90 Å². The Morgan fingerprint density at radius 2 is 2.11 bits per heavy atom. The van der Waals surface area contributed by atoms with E-state index in [2.05, 4.69) is 15.0 Å². The Kier molecular flexibility index (Phi) is 3.65.